The van der Waals surface area contributed by atoms with E-state index in [9.17, 15) is 122 Å². The minimum Gasteiger partial charge on any atom is -0.460 e. The van der Waals surface area contributed by atoms with E-state index in [1.54, 1.807) is 19.1 Å². The number of Topliss-reactive ketones (excluding diaryl/α,β-unsaturated/α-hetero) is 1. The number of nitrogens with zero attached hydrogens (tertiary/aromatic N) is 1. The molecule has 0 saturated carbocycles. The largest absolute Gasteiger partial charge is 0.492 e. The summed E-state index contributed by atoms with van der Waals surface area (Å²) in [5.74, 6) is -3.14. The fourth-order valence-corrected chi connectivity index (χ4v) is 4.24. The Hall–Kier alpha value is -8.14. The Kier molecular flexibility index (Phi) is 60.1. The molecule has 2 amide bonds. The number of ether oxygens (including phenoxy) is 11. The quantitative estimate of drug-likeness (QED) is 0.00594. The molecule has 2 aromatic carbocycles. The number of carbonyl (C=O) groups excluding carboxylic acids is 7. The fourth-order valence-electron chi connectivity index (χ4n) is 4.24. The normalized spacial score (nSPS) is 10.8. The van der Waals surface area contributed by atoms with Gasteiger partial charge in [-0.3, -0.25) is 14.3 Å². The number of methoxy groups -OCH3 is 2. The molecule has 0 unspecified atom stereocenters. The molecule has 25 nitrogen and oxygen atoms in total. The van der Waals surface area contributed by atoms with Gasteiger partial charge >= 0.3 is 67.1 Å². The van der Waals surface area contributed by atoms with Gasteiger partial charge in [0.25, 0.3) is 5.79 Å². The number of alkyl carbamates (subject to hydrolysis) is 2. The first-order chi connectivity index (χ1) is 44.6. The molecule has 0 aromatic heterocycles. The number of aliphatic hydroxyl groups is 2. The number of halogens is 20. The molecule has 0 saturated heterocycles. The van der Waals surface area contributed by atoms with E-state index < -0.39 is 114 Å². The van der Waals surface area contributed by atoms with Crippen molar-refractivity contribution in [1.82, 2.24) is 10.6 Å². The molecule has 97 heavy (non-hydrogen) atoms. The molecule has 0 aliphatic rings. The first kappa shape index (κ1) is 102. The van der Waals surface area contributed by atoms with Gasteiger partial charge in [-0.15, -0.1) is 27.4 Å². The van der Waals surface area contributed by atoms with Crippen molar-refractivity contribution in [3.8, 4) is 0 Å². The van der Waals surface area contributed by atoms with Crippen LogP contribution in [-0.4, -0.2) is 197 Å². The number of aliphatic hydroxyl groups excluding tert-OH is 2. The number of amides is 2. The van der Waals surface area contributed by atoms with Crippen LogP contribution < -0.4 is 10.6 Å². The van der Waals surface area contributed by atoms with Gasteiger partial charge in [0, 0.05) is 42.1 Å². The summed E-state index contributed by atoms with van der Waals surface area (Å²) >= 11 is 0. The Labute approximate surface area is 537 Å². The molecule has 0 fully saturated rings. The standard InChI is InChI=1S/C16H16O3.C9H14FNO4.C8H12FNO4.C7H9NO3.2C4H2F8O3.C2H5FO.CH3FO.CH4/c1-18-16(19-2,14-11-7-4-8-12-14)15(17)13-9-5-3-6-10-13;1-7(2)8(12)14-6-4-11-9(13)15-5-3-10;1-6(2)7(11)13-4-3-10-8(12)14-5-9;1-6(2)7(10)11-4-3-8-5-9;2*5-1-13-4(10,11)14-2(6,7)3(8,9)15-12;3-1-2-4;2-1-3;/h3-12H,1-2H3;1,3-6H2,2H3,(H,11,13);1,3-5H2,2H3,(H,10,12);1,3-4H2,2H3;2*1H2;4H,1-2H2;3H,1H2;1H4. The van der Waals surface area contributed by atoms with E-state index in [1.807, 2.05) is 48.5 Å². The van der Waals surface area contributed by atoms with Crippen LogP contribution in [0.5, 0.6) is 0 Å². The molecule has 0 bridgehead atoms. The molecule has 2 aromatic rings. The highest BCUT2D eigenvalue weighted by atomic mass is 19.4. The number of rotatable bonds is 33. The Morgan fingerprint density at radius 2 is 0.856 bits per heavy atom. The second kappa shape index (κ2) is 57.0. The van der Waals surface area contributed by atoms with Crippen LogP contribution in [0, 0.1) is 0 Å². The first-order valence-electron chi connectivity index (χ1n) is 24.8. The zero-order chi connectivity index (χ0) is 75.8. The maximum absolute atomic E-state index is 12.7. The highest BCUT2D eigenvalue weighted by molar-refractivity contribution is 6.02. The molecular weight excluding hydrogens is 1400 g/mol. The monoisotopic (exact) mass is 1470 g/mol. The number of esters is 3. The van der Waals surface area contributed by atoms with E-state index >= 15 is 0 Å². The van der Waals surface area contributed by atoms with E-state index in [1.165, 1.54) is 44.0 Å². The Balaban J connectivity index is -0.000000197. The van der Waals surface area contributed by atoms with E-state index in [-0.39, 0.29) is 77.0 Å². The summed E-state index contributed by atoms with van der Waals surface area (Å²) in [4.78, 5) is 81.8. The topological polar surface area (TPSA) is 316 Å². The van der Waals surface area contributed by atoms with Crippen molar-refractivity contribution in [2.45, 2.75) is 71.0 Å². The number of isocyanates is 1. The number of hydrogen-bond donors (Lipinski definition) is 4. The second-order valence-corrected chi connectivity index (χ2v) is 15.4. The second-order valence-electron chi connectivity index (χ2n) is 15.4. The SMILES string of the molecule is C.C=C(C)C(=O)OCCN=C=O.C=C(C)C(=O)OCCNC(=O)OCCF.C=C(C)C(=O)OCCNC(=O)OCF.COC(OC)(C(=O)c1ccccc1)c1ccccc1.FCOC(F)(F)OC(F)(F)C(F)(F)OF.FCOC(F)(F)OC(F)(F)C(F)(F)OF.OCCF.OCF. The van der Waals surface area contributed by atoms with E-state index in [2.05, 4.69) is 78.0 Å². The van der Waals surface area contributed by atoms with Gasteiger partial charge in [0.2, 0.25) is 18.7 Å². The summed E-state index contributed by atoms with van der Waals surface area (Å²) in [5, 5.41) is 18.8. The number of aliphatic imine (C=N–C) groups is 1. The van der Waals surface area contributed by atoms with Crippen LogP contribution in [0.4, 0.5) is 97.7 Å². The summed E-state index contributed by atoms with van der Waals surface area (Å²) in [5.41, 5.74) is 2.12. The first-order valence-corrected chi connectivity index (χ1v) is 24.8. The lowest BCUT2D eigenvalue weighted by Crippen LogP contribution is -2.48. The predicted octanol–water partition coefficient (Wildman–Crippen LogP) is 10.7. The predicted molar refractivity (Wildman–Crippen MR) is 287 cm³/mol. The number of ketones is 1. The lowest BCUT2D eigenvalue weighted by atomic mass is 9.96. The third kappa shape index (κ3) is 50.0. The lowest BCUT2D eigenvalue weighted by Gasteiger charge is -2.29. The number of nitrogens with one attached hydrogen (secondary N) is 2. The fraction of sp³-hybridized carbons (Fsp3) is 0.519. The molecule has 45 heteroatoms. The van der Waals surface area contributed by atoms with Crippen molar-refractivity contribution in [3.05, 3.63) is 108 Å². The van der Waals surface area contributed by atoms with Crippen molar-refractivity contribution < 1.29 is 194 Å². The van der Waals surface area contributed by atoms with E-state index in [0.717, 1.165) is 0 Å². The van der Waals surface area contributed by atoms with Crippen molar-refractivity contribution in [2.75, 3.05) is 108 Å². The number of benzene rings is 2. The van der Waals surface area contributed by atoms with Crippen molar-refractivity contribution in [3.63, 3.8) is 0 Å². The zero-order valence-electron chi connectivity index (χ0n) is 50.4. The summed E-state index contributed by atoms with van der Waals surface area (Å²) in [7, 11) is 2.94. The highest BCUT2D eigenvalue weighted by Crippen LogP contribution is 2.42. The average Bonchev–Trinajstić information content (AvgIpc) is 0.819. The van der Waals surface area contributed by atoms with Crippen molar-refractivity contribution >= 4 is 42.0 Å². The van der Waals surface area contributed by atoms with Crippen molar-refractivity contribution in [2.24, 2.45) is 4.99 Å². The van der Waals surface area contributed by atoms with Gasteiger partial charge in [0.1, 0.15) is 39.8 Å². The van der Waals surface area contributed by atoms with Crippen LogP contribution in [0.1, 0.15) is 44.1 Å². The van der Waals surface area contributed by atoms with Gasteiger partial charge in [-0.05, 0) is 29.8 Å². The van der Waals surface area contributed by atoms with Gasteiger partial charge in [0.15, 0.2) is 20.6 Å². The number of hydrogen-bond acceptors (Lipinski definition) is 23. The van der Waals surface area contributed by atoms with Gasteiger partial charge in [-0.1, -0.05) is 87.8 Å². The van der Waals surface area contributed by atoms with E-state index in [0.29, 0.717) is 16.7 Å². The van der Waals surface area contributed by atoms with Crippen LogP contribution in [0.3, 0.4) is 0 Å². The molecule has 0 spiro atoms. The number of carbonyl (C=O) groups is 6. The molecule has 0 atom stereocenters. The molecule has 0 radical (unpaired) electrons. The minimum atomic E-state index is -6.04. The Morgan fingerprint density at radius 1 is 0.515 bits per heavy atom. The zero-order valence-corrected chi connectivity index (χ0v) is 50.4. The van der Waals surface area contributed by atoms with Gasteiger partial charge in [-0.25, -0.2) is 69.6 Å². The van der Waals surface area contributed by atoms with Crippen LogP contribution in [0.2, 0.25) is 0 Å². The highest BCUT2D eigenvalue weighted by Gasteiger charge is 2.67. The molecule has 562 valence electrons. The third-order valence-corrected chi connectivity index (χ3v) is 8.21. The maximum Gasteiger partial charge on any atom is 0.492 e. The van der Waals surface area contributed by atoms with Crippen molar-refractivity contribution in [1.29, 1.82) is 0 Å². The molecule has 0 aliphatic carbocycles. The van der Waals surface area contributed by atoms with Gasteiger partial charge in [0.05, 0.1) is 26.2 Å². The average molecular weight is 1470 g/mol. The third-order valence-electron chi connectivity index (χ3n) is 8.21. The van der Waals surface area contributed by atoms with Gasteiger partial charge < -0.3 is 54.0 Å². The Bertz CT molecular complexity index is 2500. The van der Waals surface area contributed by atoms with Crippen LogP contribution in [0.15, 0.2) is 102 Å². The summed E-state index contributed by atoms with van der Waals surface area (Å²) in [6.07, 6.45) is -35.0. The van der Waals surface area contributed by atoms with Gasteiger partial charge in [-0.2, -0.15) is 35.1 Å². The van der Waals surface area contributed by atoms with Crippen LogP contribution >= 0.6 is 0 Å². The molecule has 4 N–H and O–H groups in total. The van der Waals surface area contributed by atoms with E-state index in [4.69, 9.17) is 19.7 Å². The maximum atomic E-state index is 12.7. The lowest BCUT2D eigenvalue weighted by molar-refractivity contribution is -0.548. The van der Waals surface area contributed by atoms with Crippen LogP contribution in [0.25, 0.3) is 0 Å². The molecule has 2 rings (SSSR count). The minimum absolute atomic E-state index is 0. The summed E-state index contributed by atoms with van der Waals surface area (Å²) in [6.45, 7) is 6.16. The summed E-state index contributed by atoms with van der Waals surface area (Å²) in [6, 6.07) is 18.2. The molecular formula is C52H67F20N3O22. The summed E-state index contributed by atoms with van der Waals surface area (Å²) < 4.78 is 272. The van der Waals surface area contributed by atoms with Crippen LogP contribution in [-0.2, 0) is 87.0 Å². The number of alkyl halides is 18. The molecule has 0 heterocycles. The smallest absolute Gasteiger partial charge is 0.460 e. The molecule has 0 aliphatic heterocycles. The Morgan fingerprint density at radius 3 is 1.14 bits per heavy atom.